The molecule has 0 atom stereocenters. The number of amides is 3. The quantitative estimate of drug-likeness (QED) is 0.321. The van der Waals surface area contributed by atoms with Crippen molar-refractivity contribution in [2.75, 3.05) is 19.5 Å². The average Bonchev–Trinajstić information content (AvgIpc) is 2.87. The van der Waals surface area contributed by atoms with Gasteiger partial charge in [0.2, 0.25) is 5.91 Å². The fourth-order valence-electron chi connectivity index (χ4n) is 3.63. The van der Waals surface area contributed by atoms with Gasteiger partial charge in [0, 0.05) is 22.7 Å². The standard InChI is InChI=1S/C27H21F3N2O5/c1-35-24-11-15-4-3-5-22(19(15)14-25(24)36-2)37-23-9-7-18(13-21(23)30)31-27(34)32-26(33)12-16-10-17(28)6-8-20(16)29/h3-11,13-14H,12H2,1-2H3,(H2,31,32,33,34). The Morgan fingerprint density at radius 1 is 0.784 bits per heavy atom. The monoisotopic (exact) mass is 510 g/mol. The minimum absolute atomic E-state index is 0.0383. The fourth-order valence-corrected chi connectivity index (χ4v) is 3.63. The number of benzene rings is 4. The van der Waals surface area contributed by atoms with E-state index in [0.717, 1.165) is 29.7 Å². The Labute approximate surface area is 209 Å². The molecule has 0 aliphatic heterocycles. The number of imide groups is 1. The number of carbonyl (C=O) groups excluding carboxylic acids is 2. The molecule has 0 fully saturated rings. The van der Waals surface area contributed by atoms with E-state index >= 15 is 0 Å². The van der Waals surface area contributed by atoms with Crippen molar-refractivity contribution < 1.29 is 37.0 Å². The fraction of sp³-hybridized carbons (Fsp3) is 0.111. The van der Waals surface area contributed by atoms with E-state index in [1.54, 1.807) is 24.3 Å². The molecule has 190 valence electrons. The summed E-state index contributed by atoms with van der Waals surface area (Å²) in [6.45, 7) is 0. The third-order valence-corrected chi connectivity index (χ3v) is 5.37. The highest BCUT2D eigenvalue weighted by Gasteiger charge is 2.15. The van der Waals surface area contributed by atoms with Gasteiger partial charge in [-0.05, 0) is 53.9 Å². The summed E-state index contributed by atoms with van der Waals surface area (Å²) >= 11 is 0. The maximum absolute atomic E-state index is 14.8. The summed E-state index contributed by atoms with van der Waals surface area (Å²) in [5.41, 5.74) is -0.168. The molecule has 0 radical (unpaired) electrons. The molecule has 0 aliphatic carbocycles. The van der Waals surface area contributed by atoms with Gasteiger partial charge >= 0.3 is 6.03 Å². The van der Waals surface area contributed by atoms with Gasteiger partial charge in [-0.1, -0.05) is 12.1 Å². The Morgan fingerprint density at radius 3 is 2.27 bits per heavy atom. The highest BCUT2D eigenvalue weighted by atomic mass is 19.1. The molecule has 2 N–H and O–H groups in total. The minimum atomic E-state index is -0.968. The SMILES string of the molecule is COc1cc2cccc(Oc3ccc(NC(=O)NC(=O)Cc4cc(F)ccc4F)cc3F)c2cc1OC. The number of rotatable bonds is 7. The lowest BCUT2D eigenvalue weighted by Crippen LogP contribution is -2.35. The normalized spacial score (nSPS) is 10.6. The second-order valence-electron chi connectivity index (χ2n) is 7.85. The number of halogens is 3. The van der Waals surface area contributed by atoms with Gasteiger partial charge in [0.15, 0.2) is 23.1 Å². The van der Waals surface area contributed by atoms with Gasteiger partial charge in [0.05, 0.1) is 20.6 Å². The highest BCUT2D eigenvalue weighted by molar-refractivity contribution is 6.01. The molecular formula is C27H21F3N2O5. The Bertz CT molecular complexity index is 1490. The number of hydrogen-bond acceptors (Lipinski definition) is 5. The molecule has 10 heteroatoms. The second-order valence-corrected chi connectivity index (χ2v) is 7.85. The van der Waals surface area contributed by atoms with Crippen LogP contribution >= 0.6 is 0 Å². The molecule has 0 saturated carbocycles. The van der Waals surface area contributed by atoms with E-state index in [4.69, 9.17) is 14.2 Å². The van der Waals surface area contributed by atoms with Crippen LogP contribution in [-0.2, 0) is 11.2 Å². The lowest BCUT2D eigenvalue weighted by Gasteiger charge is -2.14. The lowest BCUT2D eigenvalue weighted by atomic mass is 10.1. The van der Waals surface area contributed by atoms with Crippen LogP contribution in [0, 0.1) is 17.5 Å². The van der Waals surface area contributed by atoms with Gasteiger partial charge in [-0.3, -0.25) is 10.1 Å². The summed E-state index contributed by atoms with van der Waals surface area (Å²) in [6, 6.07) is 14.1. The molecule has 0 bridgehead atoms. The van der Waals surface area contributed by atoms with Gasteiger partial charge in [0.1, 0.15) is 17.4 Å². The van der Waals surface area contributed by atoms with Crippen LogP contribution < -0.4 is 24.8 Å². The molecule has 4 aromatic carbocycles. The first-order chi connectivity index (χ1) is 17.8. The zero-order valence-corrected chi connectivity index (χ0v) is 19.7. The van der Waals surface area contributed by atoms with Crippen molar-refractivity contribution in [2.45, 2.75) is 6.42 Å². The van der Waals surface area contributed by atoms with Crippen LogP contribution in [0.3, 0.4) is 0 Å². The molecule has 4 rings (SSSR count). The highest BCUT2D eigenvalue weighted by Crippen LogP contribution is 2.38. The Morgan fingerprint density at radius 2 is 1.54 bits per heavy atom. The number of methoxy groups -OCH3 is 2. The van der Waals surface area contributed by atoms with E-state index < -0.39 is 35.8 Å². The number of anilines is 1. The van der Waals surface area contributed by atoms with E-state index in [-0.39, 0.29) is 17.0 Å². The van der Waals surface area contributed by atoms with Crippen molar-refractivity contribution in [3.63, 3.8) is 0 Å². The van der Waals surface area contributed by atoms with Crippen molar-refractivity contribution in [1.29, 1.82) is 0 Å². The second kappa shape index (κ2) is 10.9. The molecule has 37 heavy (non-hydrogen) atoms. The van der Waals surface area contributed by atoms with Crippen LogP contribution in [-0.4, -0.2) is 26.2 Å². The zero-order chi connectivity index (χ0) is 26.5. The Balaban J connectivity index is 1.44. The van der Waals surface area contributed by atoms with Crippen LogP contribution in [0.5, 0.6) is 23.0 Å². The molecule has 4 aromatic rings. The largest absolute Gasteiger partial charge is 0.493 e. The van der Waals surface area contributed by atoms with E-state index in [2.05, 4.69) is 5.32 Å². The molecule has 0 heterocycles. The number of carbonyl (C=O) groups is 2. The van der Waals surface area contributed by atoms with Crippen LogP contribution in [0.15, 0.2) is 66.7 Å². The van der Waals surface area contributed by atoms with Gasteiger partial charge in [-0.25, -0.2) is 18.0 Å². The van der Waals surface area contributed by atoms with Gasteiger partial charge < -0.3 is 19.5 Å². The smallest absolute Gasteiger partial charge is 0.325 e. The first-order valence-electron chi connectivity index (χ1n) is 10.9. The maximum atomic E-state index is 14.8. The third-order valence-electron chi connectivity index (χ3n) is 5.37. The van der Waals surface area contributed by atoms with E-state index in [1.807, 2.05) is 11.4 Å². The summed E-state index contributed by atoms with van der Waals surface area (Å²) in [4.78, 5) is 24.1. The van der Waals surface area contributed by atoms with Crippen LogP contribution in [0.25, 0.3) is 10.8 Å². The number of hydrogen-bond donors (Lipinski definition) is 2. The van der Waals surface area contributed by atoms with Gasteiger partial charge in [-0.15, -0.1) is 0 Å². The lowest BCUT2D eigenvalue weighted by molar-refractivity contribution is -0.119. The predicted molar refractivity (Wildman–Crippen MR) is 131 cm³/mol. The van der Waals surface area contributed by atoms with Gasteiger partial charge in [-0.2, -0.15) is 0 Å². The van der Waals surface area contributed by atoms with E-state index in [9.17, 15) is 22.8 Å². The first kappa shape index (κ1) is 25.4. The van der Waals surface area contributed by atoms with Crippen molar-refractivity contribution in [3.8, 4) is 23.0 Å². The van der Waals surface area contributed by atoms with E-state index in [0.29, 0.717) is 22.6 Å². The maximum Gasteiger partial charge on any atom is 0.325 e. The predicted octanol–water partition coefficient (Wildman–Crippen LogP) is 5.96. The molecule has 0 aromatic heterocycles. The summed E-state index contributed by atoms with van der Waals surface area (Å²) in [5, 5.41) is 5.74. The van der Waals surface area contributed by atoms with Crippen molar-refractivity contribution in [2.24, 2.45) is 0 Å². The molecule has 0 saturated heterocycles. The molecule has 7 nitrogen and oxygen atoms in total. The first-order valence-corrected chi connectivity index (χ1v) is 10.9. The zero-order valence-electron chi connectivity index (χ0n) is 19.7. The number of ether oxygens (including phenoxy) is 3. The Hall–Kier alpha value is -4.73. The minimum Gasteiger partial charge on any atom is -0.493 e. The van der Waals surface area contributed by atoms with Crippen LogP contribution in [0.2, 0.25) is 0 Å². The topological polar surface area (TPSA) is 85.9 Å². The molecule has 0 aliphatic rings. The molecule has 0 unspecified atom stereocenters. The number of urea groups is 1. The van der Waals surface area contributed by atoms with Crippen molar-refractivity contribution in [1.82, 2.24) is 5.32 Å². The number of nitrogens with one attached hydrogen (secondary N) is 2. The summed E-state index contributed by atoms with van der Waals surface area (Å²) in [6.07, 6.45) is -0.556. The summed E-state index contributed by atoms with van der Waals surface area (Å²) in [7, 11) is 3.03. The van der Waals surface area contributed by atoms with Crippen molar-refractivity contribution in [3.05, 3.63) is 89.7 Å². The third kappa shape index (κ3) is 5.92. The molecule has 3 amide bonds. The number of fused-ring (bicyclic) bond motifs is 1. The van der Waals surface area contributed by atoms with Crippen LogP contribution in [0.1, 0.15) is 5.56 Å². The average molecular weight is 510 g/mol. The molecule has 0 spiro atoms. The van der Waals surface area contributed by atoms with Gasteiger partial charge in [0.25, 0.3) is 0 Å². The Kier molecular flexibility index (Phi) is 7.47. The van der Waals surface area contributed by atoms with E-state index in [1.165, 1.54) is 26.4 Å². The summed E-state index contributed by atoms with van der Waals surface area (Å²) < 4.78 is 58.2. The van der Waals surface area contributed by atoms with Crippen molar-refractivity contribution >= 4 is 28.4 Å². The summed E-state index contributed by atoms with van der Waals surface area (Å²) in [5.74, 6) is -1.86. The molecular weight excluding hydrogens is 489 g/mol. The van der Waals surface area contributed by atoms with Crippen LogP contribution in [0.4, 0.5) is 23.7 Å².